The fraction of sp³-hybridized carbons (Fsp3) is 0.0137. The minimum absolute atomic E-state index is 0.435. The summed E-state index contributed by atoms with van der Waals surface area (Å²) in [6, 6.07) is 113. The van der Waals surface area contributed by atoms with Crippen LogP contribution in [-0.4, -0.2) is 17.2 Å². The summed E-state index contributed by atoms with van der Waals surface area (Å²) in [5, 5.41) is 10.4. The molecular formula is C73H50N2Si. The molecule has 0 atom stereocenters. The standard InChI is InChI=1S/C73H50N2Si/c1-6-22-53(23-7-1)73(54-24-8-2-9-25-54)67-35-19-16-32-61(67)65-48-51(39-46-68(65)73)52-38-45-64-62-33-17-20-36-69(62)75(72(64)49-52)56-42-47-71-66(50-56)63-34-18-21-37-70(63)74(71)55-40-43-60(44-41-55)76(57-26-10-3-11-27-57,58-28-12-4-13-29-58)59-30-14-5-15-31-59/h1-50H. The molecule has 0 radical (unpaired) electrons. The van der Waals surface area contributed by atoms with Gasteiger partial charge in [-0.2, -0.15) is 0 Å². The fourth-order valence-corrected chi connectivity index (χ4v) is 18.1. The molecule has 0 amide bonds. The molecule has 356 valence electrons. The molecule has 1 aliphatic carbocycles. The van der Waals surface area contributed by atoms with E-state index in [4.69, 9.17) is 0 Å². The van der Waals surface area contributed by atoms with Crippen LogP contribution in [0.5, 0.6) is 0 Å². The minimum atomic E-state index is -2.69. The molecule has 0 fully saturated rings. The topological polar surface area (TPSA) is 9.86 Å². The number of hydrogen-bond donors (Lipinski definition) is 0. The van der Waals surface area contributed by atoms with Gasteiger partial charge in [0.2, 0.25) is 0 Å². The Hall–Kier alpha value is -9.54. The van der Waals surface area contributed by atoms with E-state index >= 15 is 0 Å². The zero-order valence-corrected chi connectivity index (χ0v) is 42.8. The lowest BCUT2D eigenvalue weighted by Crippen LogP contribution is -2.74. The number of rotatable bonds is 9. The van der Waals surface area contributed by atoms with Gasteiger partial charge in [0.05, 0.1) is 27.5 Å². The molecule has 3 heteroatoms. The van der Waals surface area contributed by atoms with Crippen LogP contribution in [0, 0.1) is 0 Å². The van der Waals surface area contributed by atoms with E-state index in [-0.39, 0.29) is 0 Å². The molecule has 2 heterocycles. The molecule has 0 bridgehead atoms. The van der Waals surface area contributed by atoms with Crippen LogP contribution in [0.3, 0.4) is 0 Å². The summed E-state index contributed by atoms with van der Waals surface area (Å²) >= 11 is 0. The SMILES string of the molecule is c1ccc(C2(c3ccccc3)c3ccccc3-c3cc(-c4ccc5c6ccccc6n(-c6ccc7c(c6)c6ccccc6n7-c6ccc([Si](c7ccccc7)(c7ccccc7)c7ccccc7)cc6)c5c4)ccc32)cc1. The zero-order chi connectivity index (χ0) is 50.2. The average Bonchev–Trinajstić information content (AvgIpc) is 4.16. The molecule has 14 aromatic rings. The smallest absolute Gasteiger partial charge is 0.179 e. The van der Waals surface area contributed by atoms with Crippen molar-refractivity contribution >= 4 is 72.4 Å². The zero-order valence-electron chi connectivity index (χ0n) is 41.8. The maximum absolute atomic E-state index is 2.69. The van der Waals surface area contributed by atoms with Crippen molar-refractivity contribution < 1.29 is 0 Å². The van der Waals surface area contributed by atoms with Gasteiger partial charge in [0, 0.05) is 32.9 Å². The van der Waals surface area contributed by atoms with Crippen LogP contribution in [0.15, 0.2) is 303 Å². The van der Waals surface area contributed by atoms with Gasteiger partial charge in [-0.25, -0.2) is 0 Å². The molecule has 0 spiro atoms. The Balaban J connectivity index is 0.874. The summed E-state index contributed by atoms with van der Waals surface area (Å²) in [4.78, 5) is 0. The quantitative estimate of drug-likeness (QED) is 0.101. The van der Waals surface area contributed by atoms with E-state index in [0.29, 0.717) is 0 Å². The van der Waals surface area contributed by atoms with E-state index in [2.05, 4.69) is 312 Å². The van der Waals surface area contributed by atoms with Gasteiger partial charge in [0.25, 0.3) is 0 Å². The monoisotopic (exact) mass is 982 g/mol. The van der Waals surface area contributed by atoms with Gasteiger partial charge in [-0.15, -0.1) is 0 Å². The molecule has 76 heavy (non-hydrogen) atoms. The minimum Gasteiger partial charge on any atom is -0.309 e. The van der Waals surface area contributed by atoms with Crippen molar-refractivity contribution in [3.05, 3.63) is 326 Å². The van der Waals surface area contributed by atoms with Crippen molar-refractivity contribution in [2.75, 3.05) is 0 Å². The summed E-state index contributed by atoms with van der Waals surface area (Å²) in [7, 11) is -2.69. The van der Waals surface area contributed by atoms with Crippen LogP contribution in [0.4, 0.5) is 0 Å². The number of aromatic nitrogens is 2. The van der Waals surface area contributed by atoms with Gasteiger partial charge in [-0.05, 0) is 120 Å². The molecule has 0 saturated carbocycles. The highest BCUT2D eigenvalue weighted by Gasteiger charge is 2.46. The summed E-state index contributed by atoms with van der Waals surface area (Å²) in [5.41, 5.74) is 16.7. The summed E-state index contributed by atoms with van der Waals surface area (Å²) in [6.45, 7) is 0. The van der Waals surface area contributed by atoms with Crippen molar-refractivity contribution in [2.24, 2.45) is 0 Å². The van der Waals surface area contributed by atoms with Crippen LogP contribution in [0.2, 0.25) is 0 Å². The number of nitrogens with zero attached hydrogens (tertiary/aromatic N) is 2. The third-order valence-electron chi connectivity index (χ3n) is 16.6. The second-order valence-corrected chi connectivity index (χ2v) is 24.1. The van der Waals surface area contributed by atoms with Crippen molar-refractivity contribution in [3.8, 4) is 33.6 Å². The Kier molecular flexibility index (Phi) is 10.2. The summed E-state index contributed by atoms with van der Waals surface area (Å²) < 4.78 is 4.93. The molecule has 12 aromatic carbocycles. The summed E-state index contributed by atoms with van der Waals surface area (Å²) in [6.07, 6.45) is 0. The fourth-order valence-electron chi connectivity index (χ4n) is 13.4. The van der Waals surface area contributed by atoms with Crippen molar-refractivity contribution in [1.82, 2.24) is 9.13 Å². The molecule has 0 unspecified atom stereocenters. The van der Waals surface area contributed by atoms with Gasteiger partial charge in [-0.3, -0.25) is 0 Å². The van der Waals surface area contributed by atoms with Crippen molar-refractivity contribution in [3.63, 3.8) is 0 Å². The first kappa shape index (κ1) is 44.0. The normalized spacial score (nSPS) is 12.8. The van der Waals surface area contributed by atoms with Crippen LogP contribution in [-0.2, 0) is 5.41 Å². The number of fused-ring (bicyclic) bond motifs is 9. The third-order valence-corrected chi connectivity index (χ3v) is 21.4. The highest BCUT2D eigenvalue weighted by Crippen LogP contribution is 2.56. The second kappa shape index (κ2) is 17.6. The van der Waals surface area contributed by atoms with Crippen LogP contribution < -0.4 is 20.7 Å². The summed E-state index contributed by atoms with van der Waals surface area (Å²) in [5.74, 6) is 0. The lowest BCUT2D eigenvalue weighted by Gasteiger charge is -2.34. The first-order chi connectivity index (χ1) is 37.7. The Labute approximate surface area is 443 Å². The number of hydrogen-bond acceptors (Lipinski definition) is 0. The Morgan fingerprint density at radius 3 is 1.28 bits per heavy atom. The van der Waals surface area contributed by atoms with Gasteiger partial charge < -0.3 is 9.13 Å². The maximum Gasteiger partial charge on any atom is 0.179 e. The van der Waals surface area contributed by atoms with E-state index in [1.807, 2.05) is 0 Å². The third kappa shape index (κ3) is 6.46. The lowest BCUT2D eigenvalue weighted by atomic mass is 9.67. The molecule has 0 aliphatic heterocycles. The molecule has 15 rings (SSSR count). The highest BCUT2D eigenvalue weighted by atomic mass is 28.3. The molecule has 2 nitrogen and oxygen atoms in total. The van der Waals surface area contributed by atoms with Crippen LogP contribution in [0.25, 0.3) is 77.2 Å². The van der Waals surface area contributed by atoms with E-state index in [0.717, 1.165) is 11.4 Å². The molecular weight excluding hydrogens is 933 g/mol. The largest absolute Gasteiger partial charge is 0.309 e. The van der Waals surface area contributed by atoms with Crippen LogP contribution >= 0.6 is 0 Å². The van der Waals surface area contributed by atoms with Gasteiger partial charge in [-0.1, -0.05) is 249 Å². The molecule has 0 N–H and O–H groups in total. The lowest BCUT2D eigenvalue weighted by molar-refractivity contribution is 0.768. The van der Waals surface area contributed by atoms with E-state index in [1.165, 1.54) is 109 Å². The van der Waals surface area contributed by atoms with Gasteiger partial charge in [0.1, 0.15) is 0 Å². The average molecular weight is 983 g/mol. The molecule has 2 aromatic heterocycles. The van der Waals surface area contributed by atoms with E-state index in [9.17, 15) is 0 Å². The second-order valence-electron chi connectivity index (χ2n) is 20.3. The first-order valence-corrected chi connectivity index (χ1v) is 28.4. The Morgan fingerprint density at radius 2 is 0.671 bits per heavy atom. The predicted octanol–water partition coefficient (Wildman–Crippen LogP) is 15.3. The first-order valence-electron chi connectivity index (χ1n) is 26.4. The van der Waals surface area contributed by atoms with E-state index in [1.54, 1.807) is 0 Å². The molecule has 0 saturated heterocycles. The Morgan fingerprint density at radius 1 is 0.250 bits per heavy atom. The molecule has 1 aliphatic rings. The predicted molar refractivity (Wildman–Crippen MR) is 321 cm³/mol. The van der Waals surface area contributed by atoms with E-state index < -0.39 is 13.5 Å². The van der Waals surface area contributed by atoms with Crippen molar-refractivity contribution in [2.45, 2.75) is 5.41 Å². The highest BCUT2D eigenvalue weighted by molar-refractivity contribution is 7.19. The van der Waals surface area contributed by atoms with Gasteiger partial charge >= 0.3 is 0 Å². The van der Waals surface area contributed by atoms with Crippen molar-refractivity contribution in [1.29, 1.82) is 0 Å². The number of para-hydroxylation sites is 2. The van der Waals surface area contributed by atoms with Crippen LogP contribution in [0.1, 0.15) is 22.3 Å². The number of benzene rings is 12. The maximum atomic E-state index is 2.48. The Bertz CT molecular complexity index is 4350. The van der Waals surface area contributed by atoms with Gasteiger partial charge in [0.15, 0.2) is 8.07 Å².